The molecule has 3 N–H and O–H groups in total. The average Bonchev–Trinajstić information content (AvgIpc) is 2.92. The van der Waals surface area contributed by atoms with E-state index in [1.807, 2.05) is 29.2 Å². The number of phenols is 2. The first-order valence-electron chi connectivity index (χ1n) is 11.7. The molecule has 9 heteroatoms. The molecule has 1 aliphatic rings. The van der Waals surface area contributed by atoms with Crippen molar-refractivity contribution in [2.75, 3.05) is 11.4 Å². The summed E-state index contributed by atoms with van der Waals surface area (Å²) in [6.45, 7) is 7.94. The number of anilines is 3. The molecule has 0 radical (unpaired) electrons. The number of hydrogen-bond donors (Lipinski definition) is 3. The topological polar surface area (TPSA) is 123 Å². The normalized spacial score (nSPS) is 14.7. The molecule has 0 atom stereocenters. The van der Waals surface area contributed by atoms with Crippen molar-refractivity contribution in [1.29, 1.82) is 0 Å². The molecule has 0 spiro atoms. The zero-order valence-electron chi connectivity index (χ0n) is 20.8. The molecule has 0 fully saturated rings. The predicted octanol–water partition coefficient (Wildman–Crippen LogP) is 5.15. The van der Waals surface area contributed by atoms with Gasteiger partial charge < -0.3 is 20.2 Å². The van der Waals surface area contributed by atoms with Crippen LogP contribution in [0, 0.1) is 6.57 Å². The Bertz CT molecular complexity index is 1520. The summed E-state index contributed by atoms with van der Waals surface area (Å²) in [5, 5.41) is 28.5. The molecule has 0 unspecified atom stereocenters. The lowest BCUT2D eigenvalue weighted by molar-refractivity contribution is -0.149. The maximum absolute atomic E-state index is 12.8. The molecule has 0 saturated carbocycles. The summed E-state index contributed by atoms with van der Waals surface area (Å²) < 4.78 is 0. The Labute approximate surface area is 224 Å². The highest BCUT2D eigenvalue weighted by Crippen LogP contribution is 2.36. The van der Waals surface area contributed by atoms with E-state index in [-0.39, 0.29) is 28.3 Å². The van der Waals surface area contributed by atoms with Crippen molar-refractivity contribution in [3.8, 4) is 11.5 Å². The highest BCUT2D eigenvalue weighted by Gasteiger charge is 2.36. The summed E-state index contributed by atoms with van der Waals surface area (Å²) in [4.78, 5) is 42.0. The van der Waals surface area contributed by atoms with Crippen molar-refractivity contribution in [3.63, 3.8) is 0 Å². The van der Waals surface area contributed by atoms with Gasteiger partial charge in [-0.05, 0) is 78.7 Å². The molecule has 4 rings (SSSR count). The molecule has 3 aromatic rings. The monoisotopic (exact) mass is 521 g/mol. The number of carboxylic acid groups (broad SMARTS) is 1. The first-order valence-corrected chi connectivity index (χ1v) is 11.7. The SMILES string of the molecule is [C-]#[N+]C1=C(C)/C(=C/C=C/c2ccc(N(c3ccc(O)cc3)c3ccc(O)cc3)cc2)C(=O)N(CC(=O)O)C1=O. The Morgan fingerprint density at radius 2 is 1.36 bits per heavy atom. The van der Waals surface area contributed by atoms with Gasteiger partial charge in [0, 0.05) is 22.6 Å². The second-order valence-electron chi connectivity index (χ2n) is 8.57. The van der Waals surface area contributed by atoms with Crippen LogP contribution >= 0.6 is 0 Å². The number of aliphatic carboxylic acids is 1. The third kappa shape index (κ3) is 5.70. The lowest BCUT2D eigenvalue weighted by atomic mass is 9.98. The summed E-state index contributed by atoms with van der Waals surface area (Å²) in [7, 11) is 0. The van der Waals surface area contributed by atoms with Gasteiger partial charge in [0.2, 0.25) is 0 Å². The van der Waals surface area contributed by atoms with Crippen LogP contribution in [0.2, 0.25) is 0 Å². The first kappa shape index (κ1) is 26.4. The van der Waals surface area contributed by atoms with Crippen molar-refractivity contribution < 1.29 is 29.7 Å². The zero-order chi connectivity index (χ0) is 28.1. The minimum atomic E-state index is -1.36. The zero-order valence-corrected chi connectivity index (χ0v) is 20.8. The standard InChI is InChI=1S/C30H23N3O6/c1-19-26(29(38)32(18-27(36)37)30(39)28(19)31-2)5-3-4-20-6-8-21(9-7-20)33(22-10-14-24(34)15-11-22)23-12-16-25(35)17-13-23/h3-17,34-35H,18H2,1H3,(H,36,37)/b4-3+,26-5-. The Morgan fingerprint density at radius 1 is 0.872 bits per heavy atom. The van der Waals surface area contributed by atoms with Crippen molar-refractivity contribution in [1.82, 2.24) is 4.90 Å². The number of rotatable bonds is 7. The number of carbonyl (C=O) groups is 3. The van der Waals surface area contributed by atoms with Crippen LogP contribution in [0.3, 0.4) is 0 Å². The third-order valence-corrected chi connectivity index (χ3v) is 6.01. The van der Waals surface area contributed by atoms with Gasteiger partial charge >= 0.3 is 5.97 Å². The molecule has 0 aromatic heterocycles. The van der Waals surface area contributed by atoms with Gasteiger partial charge in [0.1, 0.15) is 18.0 Å². The van der Waals surface area contributed by atoms with Crippen LogP contribution in [0.25, 0.3) is 10.9 Å². The van der Waals surface area contributed by atoms with Gasteiger partial charge in [0.05, 0.1) is 6.57 Å². The summed E-state index contributed by atoms with van der Waals surface area (Å²) in [6, 6.07) is 20.9. The number of amides is 2. The number of phenolic OH excluding ortho intramolecular Hbond substituents is 2. The molecule has 0 bridgehead atoms. The van der Waals surface area contributed by atoms with Gasteiger partial charge in [-0.2, -0.15) is 0 Å². The number of hydrogen-bond acceptors (Lipinski definition) is 6. The molecular weight excluding hydrogens is 498 g/mol. The van der Waals surface area contributed by atoms with Crippen LogP contribution in [0.4, 0.5) is 17.1 Å². The Balaban J connectivity index is 1.63. The smallest absolute Gasteiger partial charge is 0.323 e. The van der Waals surface area contributed by atoms with E-state index < -0.39 is 24.3 Å². The quantitative estimate of drug-likeness (QED) is 0.223. The second-order valence-corrected chi connectivity index (χ2v) is 8.57. The highest BCUT2D eigenvalue weighted by molar-refractivity contribution is 6.18. The van der Waals surface area contributed by atoms with Crippen molar-refractivity contribution >= 4 is 40.9 Å². The number of imide groups is 1. The molecule has 194 valence electrons. The Kier molecular flexibility index (Phi) is 7.59. The van der Waals surface area contributed by atoms with Gasteiger partial charge in [0.25, 0.3) is 17.5 Å². The Morgan fingerprint density at radius 3 is 1.82 bits per heavy atom. The number of nitrogens with zero attached hydrogens (tertiary/aromatic N) is 3. The fourth-order valence-electron chi connectivity index (χ4n) is 4.06. The van der Waals surface area contributed by atoms with Crippen molar-refractivity contribution in [2.24, 2.45) is 0 Å². The van der Waals surface area contributed by atoms with E-state index in [0.29, 0.717) is 4.90 Å². The molecule has 0 saturated heterocycles. The van der Waals surface area contributed by atoms with Gasteiger partial charge in [-0.1, -0.05) is 30.4 Å². The molecule has 1 aliphatic heterocycles. The van der Waals surface area contributed by atoms with E-state index in [4.69, 9.17) is 11.7 Å². The summed E-state index contributed by atoms with van der Waals surface area (Å²) in [5.74, 6) is -2.77. The number of carbonyl (C=O) groups excluding carboxylic acids is 2. The van der Waals surface area contributed by atoms with E-state index in [1.165, 1.54) is 13.0 Å². The molecule has 0 aliphatic carbocycles. The van der Waals surface area contributed by atoms with E-state index in [2.05, 4.69) is 4.85 Å². The van der Waals surface area contributed by atoms with Crippen LogP contribution in [-0.2, 0) is 14.4 Å². The lowest BCUT2D eigenvalue weighted by Gasteiger charge is -2.26. The van der Waals surface area contributed by atoms with E-state index in [0.717, 1.165) is 22.6 Å². The molecule has 1 heterocycles. The summed E-state index contributed by atoms with van der Waals surface area (Å²) in [6.07, 6.45) is 4.79. The predicted molar refractivity (Wildman–Crippen MR) is 145 cm³/mol. The maximum Gasteiger partial charge on any atom is 0.323 e. The van der Waals surface area contributed by atoms with E-state index >= 15 is 0 Å². The van der Waals surface area contributed by atoms with Crippen LogP contribution in [-0.4, -0.2) is 44.5 Å². The number of carboxylic acids is 1. The van der Waals surface area contributed by atoms with Gasteiger partial charge in [-0.3, -0.25) is 19.3 Å². The maximum atomic E-state index is 12.8. The van der Waals surface area contributed by atoms with E-state index in [9.17, 15) is 24.6 Å². The fourth-order valence-corrected chi connectivity index (χ4v) is 4.06. The molecule has 3 aromatic carbocycles. The van der Waals surface area contributed by atoms with Crippen LogP contribution in [0.15, 0.2) is 102 Å². The summed E-state index contributed by atoms with van der Waals surface area (Å²) >= 11 is 0. The number of allylic oxidation sites excluding steroid dienone is 2. The molecule has 39 heavy (non-hydrogen) atoms. The van der Waals surface area contributed by atoms with Crippen LogP contribution < -0.4 is 4.90 Å². The number of aromatic hydroxyl groups is 2. The second kappa shape index (κ2) is 11.2. The van der Waals surface area contributed by atoms with Crippen molar-refractivity contribution in [3.05, 3.63) is 119 Å². The molecule has 2 amide bonds. The lowest BCUT2D eigenvalue weighted by Crippen LogP contribution is -2.45. The minimum Gasteiger partial charge on any atom is -0.508 e. The van der Waals surface area contributed by atoms with Crippen LogP contribution in [0.1, 0.15) is 12.5 Å². The van der Waals surface area contributed by atoms with Gasteiger partial charge in [0.15, 0.2) is 0 Å². The van der Waals surface area contributed by atoms with Crippen LogP contribution in [0.5, 0.6) is 11.5 Å². The largest absolute Gasteiger partial charge is 0.508 e. The minimum absolute atomic E-state index is 0.0700. The third-order valence-electron chi connectivity index (χ3n) is 6.01. The molecular formula is C30H23N3O6. The average molecular weight is 522 g/mol. The van der Waals surface area contributed by atoms with Crippen molar-refractivity contribution in [2.45, 2.75) is 6.92 Å². The first-order chi connectivity index (χ1) is 18.7. The highest BCUT2D eigenvalue weighted by atomic mass is 16.4. The van der Waals surface area contributed by atoms with Gasteiger partial charge in [-0.15, -0.1) is 0 Å². The molecule has 9 nitrogen and oxygen atoms in total. The van der Waals surface area contributed by atoms with Gasteiger partial charge in [-0.25, -0.2) is 4.85 Å². The fraction of sp³-hybridized carbons (Fsp3) is 0.0667. The Hall–Kier alpha value is -5.62. The van der Waals surface area contributed by atoms with E-state index in [1.54, 1.807) is 60.7 Å². The summed E-state index contributed by atoms with van der Waals surface area (Å²) in [5.41, 5.74) is 3.17. The number of benzene rings is 3.